The van der Waals surface area contributed by atoms with E-state index < -0.39 is 0 Å². The molecule has 0 atom stereocenters. The van der Waals surface area contributed by atoms with Crippen LogP contribution in [0.15, 0.2) is 30.5 Å². The number of aryl methyl sites for hydroxylation is 2. The van der Waals surface area contributed by atoms with Gasteiger partial charge in [-0.15, -0.1) is 0 Å². The number of pyridine rings is 1. The summed E-state index contributed by atoms with van der Waals surface area (Å²) in [6.45, 7) is 3.59. The average molecular weight is 277 g/mol. The van der Waals surface area contributed by atoms with E-state index in [0.717, 1.165) is 5.56 Å². The fourth-order valence-electron chi connectivity index (χ4n) is 1.61. The van der Waals surface area contributed by atoms with Gasteiger partial charge in [-0.2, -0.15) is 0 Å². The minimum Gasteiger partial charge on any atom is -0.508 e. The number of phenols is 1. The maximum atomic E-state index is 12.1. The Morgan fingerprint density at radius 3 is 2.63 bits per heavy atom. The molecule has 1 aromatic heterocycles. The van der Waals surface area contributed by atoms with Crippen molar-refractivity contribution < 1.29 is 9.90 Å². The lowest BCUT2D eigenvalue weighted by molar-refractivity contribution is 0.102. The zero-order valence-electron chi connectivity index (χ0n) is 10.6. The molecule has 0 saturated heterocycles. The van der Waals surface area contributed by atoms with Gasteiger partial charge in [0.1, 0.15) is 5.75 Å². The highest BCUT2D eigenvalue weighted by Crippen LogP contribution is 2.24. The number of aromatic hydroxyl groups is 1. The number of nitrogens with one attached hydrogen (secondary N) is 1. The van der Waals surface area contributed by atoms with E-state index in [1.165, 1.54) is 6.07 Å². The molecule has 0 bridgehead atoms. The van der Waals surface area contributed by atoms with Crippen molar-refractivity contribution in [3.8, 4) is 5.75 Å². The highest BCUT2D eigenvalue weighted by atomic mass is 35.5. The number of hydrogen-bond donors (Lipinski definition) is 2. The molecule has 1 aromatic carbocycles. The van der Waals surface area contributed by atoms with Crippen LogP contribution in [0.1, 0.15) is 21.5 Å². The molecule has 0 unspecified atom stereocenters. The van der Waals surface area contributed by atoms with Gasteiger partial charge in [-0.25, -0.2) is 4.98 Å². The Kier molecular flexibility index (Phi) is 3.71. The lowest BCUT2D eigenvalue weighted by Gasteiger charge is -2.10. The molecule has 0 aliphatic carbocycles. The highest BCUT2D eigenvalue weighted by Gasteiger charge is 2.12. The summed E-state index contributed by atoms with van der Waals surface area (Å²) < 4.78 is 0. The number of halogens is 1. The van der Waals surface area contributed by atoms with Crippen LogP contribution in [0.25, 0.3) is 0 Å². The van der Waals surface area contributed by atoms with Gasteiger partial charge in [-0.3, -0.25) is 4.79 Å². The van der Waals surface area contributed by atoms with Crippen LogP contribution >= 0.6 is 11.6 Å². The minimum atomic E-state index is -0.340. The van der Waals surface area contributed by atoms with Gasteiger partial charge in [0.2, 0.25) is 0 Å². The number of aromatic nitrogens is 1. The predicted octanol–water partition coefficient (Wildman–Crippen LogP) is 3.31. The average Bonchev–Trinajstić information content (AvgIpc) is 2.37. The molecule has 4 nitrogen and oxygen atoms in total. The third kappa shape index (κ3) is 2.85. The predicted molar refractivity (Wildman–Crippen MR) is 74.8 cm³/mol. The number of anilines is 1. The number of phenolic OH excluding ortho intramolecular Hbond substituents is 1. The zero-order chi connectivity index (χ0) is 14.0. The molecule has 0 aliphatic rings. The fourth-order valence-corrected chi connectivity index (χ4v) is 1.86. The Morgan fingerprint density at radius 1 is 1.26 bits per heavy atom. The summed E-state index contributed by atoms with van der Waals surface area (Å²) in [4.78, 5) is 16.0. The molecular formula is C14H13ClN2O2. The normalized spacial score (nSPS) is 10.3. The van der Waals surface area contributed by atoms with Gasteiger partial charge < -0.3 is 10.4 Å². The van der Waals surface area contributed by atoms with Crippen molar-refractivity contribution in [3.05, 3.63) is 52.3 Å². The second-order valence-electron chi connectivity index (χ2n) is 4.25. The molecule has 1 heterocycles. The van der Waals surface area contributed by atoms with Gasteiger partial charge in [-0.1, -0.05) is 17.7 Å². The van der Waals surface area contributed by atoms with Crippen LogP contribution in [0.2, 0.25) is 5.15 Å². The Hall–Kier alpha value is -2.07. The number of amides is 1. The first-order valence-corrected chi connectivity index (χ1v) is 6.09. The molecule has 0 radical (unpaired) electrons. The molecule has 2 aromatic rings. The third-order valence-corrected chi connectivity index (χ3v) is 3.11. The van der Waals surface area contributed by atoms with E-state index in [1.807, 2.05) is 6.92 Å². The van der Waals surface area contributed by atoms with Crippen LogP contribution < -0.4 is 5.32 Å². The smallest absolute Gasteiger partial charge is 0.255 e. The van der Waals surface area contributed by atoms with Gasteiger partial charge in [0.05, 0.1) is 5.69 Å². The molecule has 0 spiro atoms. The maximum absolute atomic E-state index is 12.1. The summed E-state index contributed by atoms with van der Waals surface area (Å²) in [5.74, 6) is -0.255. The zero-order valence-corrected chi connectivity index (χ0v) is 11.3. The van der Waals surface area contributed by atoms with Gasteiger partial charge in [-0.05, 0) is 43.2 Å². The summed E-state index contributed by atoms with van der Waals surface area (Å²) in [5.41, 5.74) is 2.38. The van der Waals surface area contributed by atoms with Crippen molar-refractivity contribution in [2.45, 2.75) is 13.8 Å². The second-order valence-corrected chi connectivity index (χ2v) is 4.61. The quantitative estimate of drug-likeness (QED) is 0.827. The molecular weight excluding hydrogens is 264 g/mol. The molecule has 19 heavy (non-hydrogen) atoms. The van der Waals surface area contributed by atoms with E-state index in [2.05, 4.69) is 10.3 Å². The number of nitrogens with zero attached hydrogens (tertiary/aromatic N) is 1. The van der Waals surface area contributed by atoms with Crippen LogP contribution in [0.5, 0.6) is 5.75 Å². The number of carbonyl (C=O) groups is 1. The van der Waals surface area contributed by atoms with Crippen LogP contribution in [-0.2, 0) is 0 Å². The number of carbonyl (C=O) groups excluding carboxylic acids is 1. The van der Waals surface area contributed by atoms with Crippen LogP contribution in [0.3, 0.4) is 0 Å². The largest absolute Gasteiger partial charge is 0.508 e. The first-order chi connectivity index (χ1) is 8.99. The molecule has 0 aliphatic heterocycles. The second kappa shape index (κ2) is 5.28. The van der Waals surface area contributed by atoms with E-state index in [0.29, 0.717) is 16.8 Å². The Morgan fingerprint density at radius 2 is 2.00 bits per heavy atom. The Labute approximate surface area is 116 Å². The van der Waals surface area contributed by atoms with Gasteiger partial charge in [0.25, 0.3) is 5.91 Å². The van der Waals surface area contributed by atoms with E-state index in [-0.39, 0.29) is 16.8 Å². The molecule has 5 heteroatoms. The van der Waals surface area contributed by atoms with E-state index in [9.17, 15) is 9.90 Å². The van der Waals surface area contributed by atoms with Gasteiger partial charge in [0.15, 0.2) is 5.15 Å². The van der Waals surface area contributed by atoms with Crippen LogP contribution in [0.4, 0.5) is 5.69 Å². The summed E-state index contributed by atoms with van der Waals surface area (Å²) >= 11 is 5.94. The van der Waals surface area contributed by atoms with Crippen molar-refractivity contribution in [2.24, 2.45) is 0 Å². The Balaban J connectivity index is 2.28. The molecule has 98 valence electrons. The Bertz CT molecular complexity index is 621. The summed E-state index contributed by atoms with van der Waals surface area (Å²) in [6.07, 6.45) is 1.57. The number of rotatable bonds is 2. The van der Waals surface area contributed by atoms with E-state index in [1.54, 1.807) is 31.3 Å². The standard InChI is InChI=1S/C14H13ClN2O2/c1-8-3-4-10(7-11(8)18)14(19)17-12-9(2)5-6-16-13(12)15/h3-7,18H,1-2H3,(H,17,19). The first kappa shape index (κ1) is 13.4. The van der Waals surface area contributed by atoms with Crippen LogP contribution in [-0.4, -0.2) is 16.0 Å². The molecule has 2 N–H and O–H groups in total. The SMILES string of the molecule is Cc1ccc(C(=O)Nc2c(C)ccnc2Cl)cc1O. The van der Waals surface area contributed by atoms with E-state index in [4.69, 9.17) is 11.6 Å². The van der Waals surface area contributed by atoms with Crippen molar-refractivity contribution in [1.82, 2.24) is 4.98 Å². The monoisotopic (exact) mass is 276 g/mol. The first-order valence-electron chi connectivity index (χ1n) is 5.71. The van der Waals surface area contributed by atoms with Crippen molar-refractivity contribution in [1.29, 1.82) is 0 Å². The minimum absolute atomic E-state index is 0.0849. The van der Waals surface area contributed by atoms with Crippen LogP contribution in [0, 0.1) is 13.8 Å². The van der Waals surface area contributed by atoms with E-state index >= 15 is 0 Å². The highest BCUT2D eigenvalue weighted by molar-refractivity contribution is 6.32. The van der Waals surface area contributed by atoms with Crippen molar-refractivity contribution >= 4 is 23.2 Å². The molecule has 1 amide bonds. The summed E-state index contributed by atoms with van der Waals surface area (Å²) in [6, 6.07) is 6.50. The van der Waals surface area contributed by atoms with Crippen molar-refractivity contribution in [2.75, 3.05) is 5.32 Å². The summed E-state index contributed by atoms with van der Waals surface area (Å²) in [5, 5.41) is 12.5. The number of benzene rings is 1. The summed E-state index contributed by atoms with van der Waals surface area (Å²) in [7, 11) is 0. The molecule has 0 saturated carbocycles. The lowest BCUT2D eigenvalue weighted by atomic mass is 10.1. The van der Waals surface area contributed by atoms with Gasteiger partial charge >= 0.3 is 0 Å². The van der Waals surface area contributed by atoms with Gasteiger partial charge in [0, 0.05) is 11.8 Å². The third-order valence-electron chi connectivity index (χ3n) is 2.82. The molecule has 2 rings (SSSR count). The topological polar surface area (TPSA) is 62.2 Å². The van der Waals surface area contributed by atoms with Crippen molar-refractivity contribution in [3.63, 3.8) is 0 Å². The maximum Gasteiger partial charge on any atom is 0.255 e. The fraction of sp³-hybridized carbons (Fsp3) is 0.143. The lowest BCUT2D eigenvalue weighted by Crippen LogP contribution is -2.13. The number of hydrogen-bond acceptors (Lipinski definition) is 3. The molecule has 0 fully saturated rings.